The van der Waals surface area contributed by atoms with Gasteiger partial charge >= 0.3 is 0 Å². The Hall–Kier alpha value is 0.300. The largest absolute Gasteiger partial charge is 0.351 e. The second-order valence-corrected chi connectivity index (χ2v) is 6.16. The minimum atomic E-state index is -0.171. The number of carbonyl (C=O) groups is 1. The van der Waals surface area contributed by atoms with Crippen LogP contribution < -0.4 is 5.32 Å². The van der Waals surface area contributed by atoms with E-state index in [1.54, 1.807) is 11.8 Å². The predicted molar refractivity (Wildman–Crippen MR) is 66.1 cm³/mol. The molecule has 0 spiro atoms. The van der Waals surface area contributed by atoms with Gasteiger partial charge in [0.15, 0.2) is 0 Å². The van der Waals surface area contributed by atoms with Crippen LogP contribution in [0.4, 0.5) is 0 Å². The molecule has 1 amide bonds. The smallest absolute Gasteiger partial charge is 0.236 e. The zero-order valence-electron chi connectivity index (χ0n) is 8.81. The molecule has 0 saturated carbocycles. The number of hydrogen-bond acceptors (Lipinski definition) is 2. The maximum atomic E-state index is 11.9. The van der Waals surface area contributed by atoms with E-state index in [-0.39, 0.29) is 16.7 Å². The Morgan fingerprint density at radius 1 is 1.71 bits per heavy atom. The maximum absolute atomic E-state index is 11.9. The summed E-state index contributed by atoms with van der Waals surface area (Å²) in [6, 6.07) is 0.278. The van der Waals surface area contributed by atoms with Crippen LogP contribution in [0.5, 0.6) is 0 Å². The van der Waals surface area contributed by atoms with Gasteiger partial charge in [0, 0.05) is 11.4 Å². The van der Waals surface area contributed by atoms with Crippen LogP contribution in [0.2, 0.25) is 0 Å². The molecule has 82 valence electrons. The zero-order valence-corrected chi connectivity index (χ0v) is 11.2. The Labute approximate surface area is 98.7 Å². The van der Waals surface area contributed by atoms with Gasteiger partial charge in [-0.3, -0.25) is 4.79 Å². The molecule has 4 heteroatoms. The Kier molecular flexibility index (Phi) is 4.77. The van der Waals surface area contributed by atoms with Crippen molar-refractivity contribution in [3.8, 4) is 0 Å². The molecule has 0 aliphatic carbocycles. The van der Waals surface area contributed by atoms with Crippen molar-refractivity contribution in [1.82, 2.24) is 5.32 Å². The van der Waals surface area contributed by atoms with E-state index in [0.717, 1.165) is 23.9 Å². The molecule has 14 heavy (non-hydrogen) atoms. The molecule has 1 fully saturated rings. The summed E-state index contributed by atoms with van der Waals surface area (Å²) in [7, 11) is 0. The predicted octanol–water partition coefficient (Wildman–Crippen LogP) is 2.56. The van der Waals surface area contributed by atoms with Crippen molar-refractivity contribution in [1.29, 1.82) is 0 Å². The topological polar surface area (TPSA) is 29.1 Å². The summed E-state index contributed by atoms with van der Waals surface area (Å²) in [6.45, 7) is 4.15. The van der Waals surface area contributed by atoms with Crippen LogP contribution in [0, 0.1) is 0 Å². The van der Waals surface area contributed by atoms with Crippen molar-refractivity contribution in [2.24, 2.45) is 0 Å². The SMILES string of the molecule is CCC(CBr)NC(=O)C1(C)CCCS1. The molecule has 0 aromatic heterocycles. The standard InChI is InChI=1S/C10H18BrNOS/c1-3-8(7-11)12-9(13)10(2)5-4-6-14-10/h8H,3-7H2,1-2H3,(H,12,13). The first kappa shape index (κ1) is 12.4. The van der Waals surface area contributed by atoms with Crippen molar-refractivity contribution in [3.63, 3.8) is 0 Å². The molecule has 1 saturated heterocycles. The van der Waals surface area contributed by atoms with Gasteiger partial charge in [-0.25, -0.2) is 0 Å². The summed E-state index contributed by atoms with van der Waals surface area (Å²) in [5.41, 5.74) is 0. The maximum Gasteiger partial charge on any atom is 0.236 e. The quantitative estimate of drug-likeness (QED) is 0.802. The van der Waals surface area contributed by atoms with E-state index in [4.69, 9.17) is 0 Å². The van der Waals surface area contributed by atoms with Gasteiger partial charge in [0.1, 0.15) is 0 Å². The fourth-order valence-electron chi connectivity index (χ4n) is 1.55. The summed E-state index contributed by atoms with van der Waals surface area (Å²) < 4.78 is -0.171. The van der Waals surface area contributed by atoms with Crippen LogP contribution in [0.3, 0.4) is 0 Å². The summed E-state index contributed by atoms with van der Waals surface area (Å²) in [5.74, 6) is 1.33. The van der Waals surface area contributed by atoms with Crippen molar-refractivity contribution < 1.29 is 4.79 Å². The third-order valence-electron chi connectivity index (χ3n) is 2.71. The van der Waals surface area contributed by atoms with Crippen molar-refractivity contribution in [2.75, 3.05) is 11.1 Å². The van der Waals surface area contributed by atoms with Gasteiger partial charge in [0.2, 0.25) is 5.91 Å². The second kappa shape index (κ2) is 5.40. The highest BCUT2D eigenvalue weighted by Crippen LogP contribution is 2.37. The van der Waals surface area contributed by atoms with Crippen LogP contribution in [0.25, 0.3) is 0 Å². The first-order valence-corrected chi connectivity index (χ1v) is 7.24. The molecule has 0 bridgehead atoms. The summed E-state index contributed by atoms with van der Waals surface area (Å²) in [6.07, 6.45) is 3.17. The van der Waals surface area contributed by atoms with E-state index in [0.29, 0.717) is 0 Å². The summed E-state index contributed by atoms with van der Waals surface area (Å²) in [4.78, 5) is 11.9. The van der Waals surface area contributed by atoms with Crippen molar-refractivity contribution in [2.45, 2.75) is 43.9 Å². The van der Waals surface area contributed by atoms with Crippen LogP contribution in [-0.4, -0.2) is 27.8 Å². The van der Waals surface area contributed by atoms with Gasteiger partial charge in [-0.1, -0.05) is 22.9 Å². The van der Waals surface area contributed by atoms with E-state index in [1.807, 2.05) is 0 Å². The summed E-state index contributed by atoms with van der Waals surface area (Å²) >= 11 is 5.20. The molecule has 2 unspecified atom stereocenters. The van der Waals surface area contributed by atoms with E-state index in [9.17, 15) is 4.79 Å². The van der Waals surface area contributed by atoms with Crippen LogP contribution in [-0.2, 0) is 4.79 Å². The number of alkyl halides is 1. The molecular formula is C10H18BrNOS. The number of hydrogen-bond donors (Lipinski definition) is 1. The fourth-order valence-corrected chi connectivity index (χ4v) is 3.38. The number of halogens is 1. The zero-order chi connectivity index (χ0) is 10.6. The molecule has 2 atom stereocenters. The van der Waals surface area contributed by atoms with E-state index in [1.165, 1.54) is 6.42 Å². The Bertz CT molecular complexity index is 200. The molecule has 1 aliphatic rings. The lowest BCUT2D eigenvalue weighted by Gasteiger charge is -2.24. The fraction of sp³-hybridized carbons (Fsp3) is 0.900. The van der Waals surface area contributed by atoms with Crippen LogP contribution in [0.1, 0.15) is 33.1 Å². The third-order valence-corrected chi connectivity index (χ3v) is 5.01. The van der Waals surface area contributed by atoms with Gasteiger partial charge in [0.25, 0.3) is 0 Å². The molecule has 1 aliphatic heterocycles. The summed E-state index contributed by atoms with van der Waals surface area (Å²) in [5, 5.41) is 3.94. The minimum Gasteiger partial charge on any atom is -0.351 e. The molecule has 1 N–H and O–H groups in total. The number of nitrogens with one attached hydrogen (secondary N) is 1. The Morgan fingerprint density at radius 2 is 2.43 bits per heavy atom. The minimum absolute atomic E-state index is 0.171. The van der Waals surface area contributed by atoms with E-state index >= 15 is 0 Å². The number of rotatable bonds is 4. The molecule has 1 rings (SSSR count). The highest BCUT2D eigenvalue weighted by atomic mass is 79.9. The van der Waals surface area contributed by atoms with Gasteiger partial charge in [0.05, 0.1) is 4.75 Å². The monoisotopic (exact) mass is 279 g/mol. The van der Waals surface area contributed by atoms with E-state index < -0.39 is 0 Å². The van der Waals surface area contributed by atoms with Crippen LogP contribution >= 0.6 is 27.7 Å². The molecular weight excluding hydrogens is 262 g/mol. The Balaban J connectivity index is 2.48. The lowest BCUT2D eigenvalue weighted by atomic mass is 10.0. The first-order chi connectivity index (χ1) is 6.62. The van der Waals surface area contributed by atoms with Gasteiger partial charge in [-0.2, -0.15) is 0 Å². The number of carbonyl (C=O) groups excluding carboxylic acids is 1. The van der Waals surface area contributed by atoms with Crippen molar-refractivity contribution in [3.05, 3.63) is 0 Å². The lowest BCUT2D eigenvalue weighted by Crippen LogP contribution is -2.45. The third kappa shape index (κ3) is 2.89. The normalized spacial score (nSPS) is 28.8. The Morgan fingerprint density at radius 3 is 2.86 bits per heavy atom. The van der Waals surface area contributed by atoms with Crippen molar-refractivity contribution >= 4 is 33.6 Å². The van der Waals surface area contributed by atoms with Gasteiger partial charge in [-0.15, -0.1) is 11.8 Å². The van der Waals surface area contributed by atoms with E-state index in [2.05, 4.69) is 35.1 Å². The molecule has 0 radical (unpaired) electrons. The van der Waals surface area contributed by atoms with Gasteiger partial charge < -0.3 is 5.32 Å². The highest BCUT2D eigenvalue weighted by Gasteiger charge is 2.37. The molecule has 2 nitrogen and oxygen atoms in total. The average Bonchev–Trinajstić information content (AvgIpc) is 2.62. The van der Waals surface area contributed by atoms with Crippen LogP contribution in [0.15, 0.2) is 0 Å². The second-order valence-electron chi connectivity index (χ2n) is 3.92. The first-order valence-electron chi connectivity index (χ1n) is 5.13. The molecule has 0 aromatic carbocycles. The van der Waals surface area contributed by atoms with Gasteiger partial charge in [-0.05, 0) is 31.9 Å². The number of amides is 1. The number of thioether (sulfide) groups is 1. The lowest BCUT2D eigenvalue weighted by molar-refractivity contribution is -0.123. The molecule has 1 heterocycles. The average molecular weight is 280 g/mol. The highest BCUT2D eigenvalue weighted by molar-refractivity contribution is 9.09. The molecule has 0 aromatic rings.